The Bertz CT molecular complexity index is 419. The van der Waals surface area contributed by atoms with Crippen LogP contribution in [0.5, 0.6) is 0 Å². The number of likely N-dealkylation sites (tertiary alicyclic amines) is 1. The van der Waals surface area contributed by atoms with Gasteiger partial charge in [-0.1, -0.05) is 25.7 Å². The van der Waals surface area contributed by atoms with Gasteiger partial charge in [-0.3, -0.25) is 9.59 Å². The number of nitrogens with zero attached hydrogens (tertiary/aromatic N) is 1. The highest BCUT2D eigenvalue weighted by atomic mass is 19.4. The van der Waals surface area contributed by atoms with Gasteiger partial charge >= 0.3 is 12.1 Å². The van der Waals surface area contributed by atoms with Gasteiger partial charge < -0.3 is 10.0 Å². The summed E-state index contributed by atoms with van der Waals surface area (Å²) in [4.78, 5) is 24.1. The Morgan fingerprint density at radius 2 is 1.77 bits per heavy atom. The van der Waals surface area contributed by atoms with Crippen LogP contribution < -0.4 is 0 Å². The average molecular weight is 321 g/mol. The van der Waals surface area contributed by atoms with E-state index in [2.05, 4.69) is 0 Å². The standard InChI is InChI=1S/C15H22F3NO3/c16-15(17,18)12-9-19(8-11(12)14(21)22)13(20)7-3-6-10-4-1-2-5-10/h10-12H,1-9H2,(H,21,22)/t11-,12-/m1/s1. The van der Waals surface area contributed by atoms with Gasteiger partial charge in [-0.2, -0.15) is 13.2 Å². The van der Waals surface area contributed by atoms with E-state index < -0.39 is 30.5 Å². The second-order valence-electron chi connectivity index (χ2n) is 6.43. The van der Waals surface area contributed by atoms with Crippen LogP contribution in [0.4, 0.5) is 13.2 Å². The zero-order chi connectivity index (χ0) is 16.3. The van der Waals surface area contributed by atoms with Crippen molar-refractivity contribution in [2.75, 3.05) is 13.1 Å². The molecular weight excluding hydrogens is 299 g/mol. The van der Waals surface area contributed by atoms with Gasteiger partial charge in [0.25, 0.3) is 0 Å². The van der Waals surface area contributed by atoms with E-state index in [9.17, 15) is 22.8 Å². The van der Waals surface area contributed by atoms with E-state index in [1.807, 2.05) is 0 Å². The topological polar surface area (TPSA) is 57.6 Å². The number of carboxylic acids is 1. The third-order valence-electron chi connectivity index (χ3n) is 4.89. The van der Waals surface area contributed by atoms with Crippen molar-refractivity contribution >= 4 is 11.9 Å². The first-order valence-electron chi connectivity index (χ1n) is 7.86. The van der Waals surface area contributed by atoms with Crippen LogP contribution in [-0.2, 0) is 9.59 Å². The summed E-state index contributed by atoms with van der Waals surface area (Å²) in [6.45, 7) is -0.857. The molecule has 0 spiro atoms. The number of aliphatic carboxylic acids is 1. The summed E-state index contributed by atoms with van der Waals surface area (Å²) in [6, 6.07) is 0. The smallest absolute Gasteiger partial charge is 0.394 e. The zero-order valence-electron chi connectivity index (χ0n) is 12.4. The Balaban J connectivity index is 1.83. The highest BCUT2D eigenvalue weighted by molar-refractivity contribution is 5.79. The van der Waals surface area contributed by atoms with E-state index >= 15 is 0 Å². The first-order chi connectivity index (χ1) is 10.3. The number of hydrogen-bond acceptors (Lipinski definition) is 2. The van der Waals surface area contributed by atoms with Crippen LogP contribution in [-0.4, -0.2) is 41.1 Å². The number of alkyl halides is 3. The largest absolute Gasteiger partial charge is 0.481 e. The normalized spacial score (nSPS) is 26.6. The minimum absolute atomic E-state index is 0.216. The second kappa shape index (κ2) is 6.87. The predicted molar refractivity (Wildman–Crippen MR) is 73.1 cm³/mol. The van der Waals surface area contributed by atoms with Crippen molar-refractivity contribution < 1.29 is 27.9 Å². The first-order valence-corrected chi connectivity index (χ1v) is 7.86. The Hall–Kier alpha value is -1.27. The van der Waals surface area contributed by atoms with Gasteiger partial charge in [0.1, 0.15) is 0 Å². The maximum absolute atomic E-state index is 12.9. The lowest BCUT2D eigenvalue weighted by Gasteiger charge is -2.18. The van der Waals surface area contributed by atoms with Crippen molar-refractivity contribution in [3.8, 4) is 0 Å². The molecule has 2 fully saturated rings. The Labute approximate surface area is 127 Å². The first kappa shape index (κ1) is 17.1. The Morgan fingerprint density at radius 3 is 2.27 bits per heavy atom. The molecule has 7 heteroatoms. The molecule has 1 aliphatic carbocycles. The van der Waals surface area contributed by atoms with Crippen molar-refractivity contribution in [1.29, 1.82) is 0 Å². The molecule has 0 aromatic carbocycles. The Morgan fingerprint density at radius 1 is 1.14 bits per heavy atom. The lowest BCUT2D eigenvalue weighted by atomic mass is 9.96. The molecule has 4 nitrogen and oxygen atoms in total. The highest BCUT2D eigenvalue weighted by Gasteiger charge is 2.53. The molecule has 1 saturated heterocycles. The molecule has 1 saturated carbocycles. The summed E-state index contributed by atoms with van der Waals surface area (Å²) in [6.07, 6.45) is 2.04. The predicted octanol–water partition coefficient (Wildman–Crippen LogP) is 3.07. The van der Waals surface area contributed by atoms with Crippen molar-refractivity contribution in [1.82, 2.24) is 4.90 Å². The lowest BCUT2D eigenvalue weighted by Crippen LogP contribution is -2.34. The summed E-state index contributed by atoms with van der Waals surface area (Å²) in [5.41, 5.74) is 0. The zero-order valence-corrected chi connectivity index (χ0v) is 12.4. The third-order valence-corrected chi connectivity index (χ3v) is 4.89. The summed E-state index contributed by atoms with van der Waals surface area (Å²) >= 11 is 0. The SMILES string of the molecule is O=C(O)[C@@H]1CN(C(=O)CCCC2CCCC2)C[C@H]1C(F)(F)F. The van der Waals surface area contributed by atoms with Crippen LogP contribution in [0.25, 0.3) is 0 Å². The fourth-order valence-electron chi connectivity index (χ4n) is 3.59. The molecule has 1 heterocycles. The molecule has 0 aromatic rings. The number of carbonyl (C=O) groups is 2. The summed E-state index contributed by atoms with van der Waals surface area (Å²) in [5, 5.41) is 8.93. The van der Waals surface area contributed by atoms with Crippen molar-refractivity contribution in [3.05, 3.63) is 0 Å². The van der Waals surface area contributed by atoms with E-state index in [1.54, 1.807) is 0 Å². The molecule has 0 radical (unpaired) electrons. The van der Waals surface area contributed by atoms with E-state index in [1.165, 1.54) is 25.7 Å². The van der Waals surface area contributed by atoms with Gasteiger partial charge in [-0.05, 0) is 18.8 Å². The summed E-state index contributed by atoms with van der Waals surface area (Å²) in [7, 11) is 0. The van der Waals surface area contributed by atoms with Crippen LogP contribution in [0.3, 0.4) is 0 Å². The maximum Gasteiger partial charge on any atom is 0.394 e. The highest BCUT2D eigenvalue weighted by Crippen LogP contribution is 2.38. The molecule has 1 amide bonds. The van der Waals surface area contributed by atoms with Crippen LogP contribution in [0.15, 0.2) is 0 Å². The number of halogens is 3. The number of rotatable bonds is 5. The molecule has 2 rings (SSSR count). The molecule has 0 aromatic heterocycles. The van der Waals surface area contributed by atoms with Crippen LogP contribution in [0.1, 0.15) is 44.9 Å². The van der Waals surface area contributed by atoms with E-state index in [0.29, 0.717) is 12.3 Å². The van der Waals surface area contributed by atoms with E-state index in [4.69, 9.17) is 5.11 Å². The van der Waals surface area contributed by atoms with Crippen molar-refractivity contribution in [3.63, 3.8) is 0 Å². The molecule has 1 N–H and O–H groups in total. The van der Waals surface area contributed by atoms with Gasteiger partial charge in [0.05, 0.1) is 11.8 Å². The molecule has 0 unspecified atom stereocenters. The molecule has 126 valence electrons. The molecule has 2 atom stereocenters. The van der Waals surface area contributed by atoms with E-state index in [-0.39, 0.29) is 18.9 Å². The van der Waals surface area contributed by atoms with Gasteiger partial charge in [0.2, 0.25) is 5.91 Å². The third kappa shape index (κ3) is 4.14. The minimum Gasteiger partial charge on any atom is -0.481 e. The molecule has 0 bridgehead atoms. The van der Waals surface area contributed by atoms with Crippen molar-refractivity contribution in [2.24, 2.45) is 17.8 Å². The van der Waals surface area contributed by atoms with Gasteiger partial charge in [-0.15, -0.1) is 0 Å². The number of amides is 1. The van der Waals surface area contributed by atoms with E-state index in [0.717, 1.165) is 11.3 Å². The number of hydrogen-bond donors (Lipinski definition) is 1. The van der Waals surface area contributed by atoms with Crippen LogP contribution in [0, 0.1) is 17.8 Å². The molecular formula is C15H22F3NO3. The molecule has 22 heavy (non-hydrogen) atoms. The molecule has 1 aliphatic heterocycles. The lowest BCUT2D eigenvalue weighted by molar-refractivity contribution is -0.188. The van der Waals surface area contributed by atoms with Crippen LogP contribution in [0.2, 0.25) is 0 Å². The fourth-order valence-corrected chi connectivity index (χ4v) is 3.59. The van der Waals surface area contributed by atoms with Gasteiger partial charge in [0.15, 0.2) is 0 Å². The van der Waals surface area contributed by atoms with Gasteiger partial charge in [-0.25, -0.2) is 0 Å². The summed E-state index contributed by atoms with van der Waals surface area (Å²) in [5.74, 6) is -4.69. The Kier molecular flexibility index (Phi) is 5.34. The van der Waals surface area contributed by atoms with Crippen molar-refractivity contribution in [2.45, 2.75) is 51.1 Å². The second-order valence-corrected chi connectivity index (χ2v) is 6.43. The maximum atomic E-state index is 12.9. The molecule has 2 aliphatic rings. The van der Waals surface area contributed by atoms with Crippen LogP contribution >= 0.6 is 0 Å². The summed E-state index contributed by atoms with van der Waals surface area (Å²) < 4.78 is 38.6. The fraction of sp³-hybridized carbons (Fsp3) is 0.867. The average Bonchev–Trinajstić information content (AvgIpc) is 3.06. The number of carboxylic acid groups (broad SMARTS) is 1. The van der Waals surface area contributed by atoms with Gasteiger partial charge in [0, 0.05) is 19.5 Å². The minimum atomic E-state index is -4.58. The monoisotopic (exact) mass is 321 g/mol. The number of carbonyl (C=O) groups excluding carboxylic acids is 1. The quantitative estimate of drug-likeness (QED) is 0.846.